The van der Waals surface area contributed by atoms with Crippen molar-refractivity contribution >= 4 is 39.5 Å². The average Bonchev–Trinajstić information content (AvgIpc) is 0.918. The molecule has 5 atom stereocenters. The van der Waals surface area contributed by atoms with Crippen molar-refractivity contribution in [2.24, 2.45) is 0 Å². The van der Waals surface area contributed by atoms with Crippen LogP contribution in [0.15, 0.2) is 134 Å². The van der Waals surface area contributed by atoms with E-state index in [9.17, 15) is 43.2 Å². The fourth-order valence-electron chi connectivity index (χ4n) is 10.5. The van der Waals surface area contributed by atoms with Gasteiger partial charge in [0.2, 0.25) is 0 Å². The number of ether oxygens (including phenoxy) is 4. The minimum absolute atomic E-state index is 0.0356. The molecule has 596 valence electrons. The van der Waals surface area contributed by atoms with Crippen LogP contribution in [0.5, 0.6) is 0 Å². The first-order valence-corrected chi connectivity index (χ1v) is 43.4. The fourth-order valence-corrected chi connectivity index (χ4v) is 12.0. The highest BCUT2D eigenvalue weighted by atomic mass is 31.2. The van der Waals surface area contributed by atoms with Crippen molar-refractivity contribution in [2.45, 2.75) is 341 Å². The quantitative estimate of drug-likeness (QED) is 0.0169. The summed E-state index contributed by atoms with van der Waals surface area (Å²) < 4.78 is 68.6. The first-order valence-electron chi connectivity index (χ1n) is 40.4. The number of phosphoric acid groups is 2. The molecule has 19 heteroatoms. The second-order valence-electron chi connectivity index (χ2n) is 26.6. The molecule has 0 aliphatic rings. The number of allylic oxidation sites excluding steroid dienone is 22. The lowest BCUT2D eigenvalue weighted by Crippen LogP contribution is -2.30. The molecule has 17 nitrogen and oxygen atoms in total. The van der Waals surface area contributed by atoms with Gasteiger partial charge in [-0.3, -0.25) is 37.3 Å². The van der Waals surface area contributed by atoms with Crippen LogP contribution in [0.3, 0.4) is 0 Å². The van der Waals surface area contributed by atoms with E-state index in [2.05, 4.69) is 161 Å². The van der Waals surface area contributed by atoms with Crippen LogP contribution in [0.2, 0.25) is 0 Å². The van der Waals surface area contributed by atoms with Crippen molar-refractivity contribution in [2.75, 3.05) is 39.6 Å². The van der Waals surface area contributed by atoms with Crippen molar-refractivity contribution in [1.29, 1.82) is 0 Å². The standard InChI is InChI=1S/C85H144O17P2/c1-5-9-13-17-21-25-29-33-37-38-39-40-44-46-50-54-58-62-66-70-83(88)96-76-81(102-85(90)72-68-64-60-56-52-48-43-36-32-28-24-20-16-12-8-4)78-100-104(93,94)98-74-79(86)73-97-103(91,92)99-77-80(101-84(89)71-67-63-59-55-51-47-42-35-31-27-23-19-15-11-7-3)75-95-82(87)69-65-61-57-53-49-45-41-34-30-26-22-18-14-10-6-2/h9,12-13,16,21-22,24-26,28,33-37,39-43,52,56,79-81,86H,5-8,10-11,14-15,17-20,23,27,29-32,38,44-51,53-55,57-78H2,1-4H3,(H,91,92)(H,93,94)/b13-9-,16-12-,25-21-,26-22-,28-24-,37-33-,40-39-,41-34-,42-35-,43-36-,56-52-. The number of phosphoric ester groups is 2. The summed E-state index contributed by atoms with van der Waals surface area (Å²) in [5.74, 6) is -2.26. The minimum Gasteiger partial charge on any atom is -0.462 e. The first-order chi connectivity index (χ1) is 50.7. The summed E-state index contributed by atoms with van der Waals surface area (Å²) in [6, 6.07) is 0. The number of carbonyl (C=O) groups is 4. The summed E-state index contributed by atoms with van der Waals surface area (Å²) in [5, 5.41) is 10.6. The van der Waals surface area contributed by atoms with E-state index < -0.39 is 97.5 Å². The van der Waals surface area contributed by atoms with Crippen LogP contribution in [-0.2, 0) is 65.4 Å². The molecule has 0 rings (SSSR count). The molecule has 3 N–H and O–H groups in total. The Morgan fingerprint density at radius 3 is 0.817 bits per heavy atom. The summed E-state index contributed by atoms with van der Waals surface area (Å²) >= 11 is 0. The zero-order valence-electron chi connectivity index (χ0n) is 65.2. The smallest absolute Gasteiger partial charge is 0.462 e. The Morgan fingerprint density at radius 2 is 0.500 bits per heavy atom. The normalized spacial score (nSPS) is 14.6. The van der Waals surface area contributed by atoms with E-state index >= 15 is 0 Å². The Kier molecular flexibility index (Phi) is 72.9. The summed E-state index contributed by atoms with van der Waals surface area (Å²) in [5.41, 5.74) is 0. The van der Waals surface area contributed by atoms with Gasteiger partial charge in [-0.1, -0.05) is 271 Å². The maximum atomic E-state index is 13.1. The maximum absolute atomic E-state index is 13.1. The second-order valence-corrected chi connectivity index (χ2v) is 29.5. The van der Waals surface area contributed by atoms with Gasteiger partial charge in [0, 0.05) is 25.7 Å². The van der Waals surface area contributed by atoms with Crippen molar-refractivity contribution < 1.29 is 80.2 Å². The molecule has 104 heavy (non-hydrogen) atoms. The Morgan fingerprint density at radius 1 is 0.279 bits per heavy atom. The molecular weight excluding hydrogens is 1350 g/mol. The molecule has 0 spiro atoms. The SMILES string of the molecule is CC/C=C\C/C=C\C/C=C\C/C=C\CCCCCCCCC(=O)OCC(COP(=O)(O)OCC(O)COP(=O)(O)OCC(COC(=O)CCCCCCC/C=C\C/C=C\CCCCC)OC(=O)CCCCCCC/C=C\CCCCCCCC)OC(=O)CCCC/C=C\C/C=C\C/C=C\C/C=C\CC. The largest absolute Gasteiger partial charge is 0.472 e. The fraction of sp³-hybridized carbons (Fsp3) is 0.694. The summed E-state index contributed by atoms with van der Waals surface area (Å²) in [7, 11) is -9.99. The molecule has 0 saturated carbocycles. The predicted molar refractivity (Wildman–Crippen MR) is 427 cm³/mol. The third-order valence-electron chi connectivity index (χ3n) is 16.6. The Bertz CT molecular complexity index is 2490. The van der Waals surface area contributed by atoms with E-state index in [1.165, 1.54) is 57.8 Å². The third kappa shape index (κ3) is 75.4. The van der Waals surface area contributed by atoms with E-state index in [0.29, 0.717) is 32.1 Å². The third-order valence-corrected chi connectivity index (χ3v) is 18.5. The number of hydrogen-bond donors (Lipinski definition) is 3. The van der Waals surface area contributed by atoms with Gasteiger partial charge in [0.05, 0.1) is 26.4 Å². The van der Waals surface area contributed by atoms with Crippen LogP contribution in [0.4, 0.5) is 0 Å². The Balaban J connectivity index is 5.42. The number of aliphatic hydroxyl groups is 1. The topological polar surface area (TPSA) is 237 Å². The highest BCUT2D eigenvalue weighted by Crippen LogP contribution is 2.45. The van der Waals surface area contributed by atoms with Gasteiger partial charge < -0.3 is 33.8 Å². The van der Waals surface area contributed by atoms with Gasteiger partial charge in [0.25, 0.3) is 0 Å². The van der Waals surface area contributed by atoms with Crippen molar-refractivity contribution in [1.82, 2.24) is 0 Å². The molecule has 0 saturated heterocycles. The molecule has 0 fully saturated rings. The zero-order valence-corrected chi connectivity index (χ0v) is 66.9. The molecule has 0 bridgehead atoms. The van der Waals surface area contributed by atoms with Gasteiger partial charge in [-0.15, -0.1) is 0 Å². The predicted octanol–water partition coefficient (Wildman–Crippen LogP) is 23.7. The number of carbonyl (C=O) groups excluding carboxylic acids is 4. The summed E-state index contributed by atoms with van der Waals surface area (Å²) in [6.45, 7) is 4.54. The van der Waals surface area contributed by atoms with Crippen LogP contribution in [0.1, 0.15) is 323 Å². The van der Waals surface area contributed by atoms with E-state index in [1.807, 2.05) is 0 Å². The van der Waals surface area contributed by atoms with Crippen molar-refractivity contribution in [3.8, 4) is 0 Å². The molecule has 0 aromatic heterocycles. The molecule has 0 aromatic rings. The molecule has 0 heterocycles. The van der Waals surface area contributed by atoms with Crippen molar-refractivity contribution in [3.05, 3.63) is 134 Å². The lowest BCUT2D eigenvalue weighted by Gasteiger charge is -2.21. The summed E-state index contributed by atoms with van der Waals surface area (Å²) in [6.07, 6.45) is 85.7. The van der Waals surface area contributed by atoms with Crippen LogP contribution >= 0.6 is 15.6 Å². The number of esters is 4. The van der Waals surface area contributed by atoms with E-state index in [-0.39, 0.29) is 25.7 Å². The van der Waals surface area contributed by atoms with Gasteiger partial charge in [-0.25, -0.2) is 9.13 Å². The van der Waals surface area contributed by atoms with Gasteiger partial charge in [0.1, 0.15) is 19.3 Å². The van der Waals surface area contributed by atoms with E-state index in [1.54, 1.807) is 0 Å². The molecule has 0 aliphatic heterocycles. The van der Waals surface area contributed by atoms with Gasteiger partial charge in [-0.05, 0) is 161 Å². The highest BCUT2D eigenvalue weighted by Gasteiger charge is 2.30. The Labute approximate surface area is 631 Å². The van der Waals surface area contributed by atoms with Gasteiger partial charge in [-0.2, -0.15) is 0 Å². The van der Waals surface area contributed by atoms with Gasteiger partial charge in [0.15, 0.2) is 12.2 Å². The van der Waals surface area contributed by atoms with E-state index in [0.717, 1.165) is 180 Å². The Hall–Kier alpha value is -4.80. The van der Waals surface area contributed by atoms with E-state index in [4.69, 9.17) is 37.0 Å². The number of aliphatic hydroxyl groups excluding tert-OH is 1. The lowest BCUT2D eigenvalue weighted by molar-refractivity contribution is -0.161. The summed E-state index contributed by atoms with van der Waals surface area (Å²) in [4.78, 5) is 73.1. The zero-order chi connectivity index (χ0) is 76.0. The maximum Gasteiger partial charge on any atom is 0.472 e. The number of rotatable bonds is 75. The molecule has 0 aliphatic carbocycles. The average molecular weight is 1500 g/mol. The van der Waals surface area contributed by atoms with Crippen LogP contribution in [0, 0.1) is 0 Å². The molecule has 0 amide bonds. The molecular formula is C85H144O17P2. The number of unbranched alkanes of at least 4 members (excludes halogenated alkanes) is 27. The highest BCUT2D eigenvalue weighted by molar-refractivity contribution is 7.47. The van der Waals surface area contributed by atoms with Crippen LogP contribution in [-0.4, -0.2) is 96.7 Å². The monoisotopic (exact) mass is 1500 g/mol. The molecule has 0 aromatic carbocycles. The van der Waals surface area contributed by atoms with Crippen molar-refractivity contribution in [3.63, 3.8) is 0 Å². The lowest BCUT2D eigenvalue weighted by atomic mass is 10.1. The first kappa shape index (κ1) is 99.2. The second kappa shape index (κ2) is 76.4. The van der Waals surface area contributed by atoms with Crippen LogP contribution < -0.4 is 0 Å². The molecule has 0 radical (unpaired) electrons. The van der Waals surface area contributed by atoms with Gasteiger partial charge >= 0.3 is 39.5 Å². The number of hydrogen-bond acceptors (Lipinski definition) is 15. The van der Waals surface area contributed by atoms with Crippen LogP contribution in [0.25, 0.3) is 0 Å². The minimum atomic E-state index is -5.00. The molecule has 5 unspecified atom stereocenters.